The lowest BCUT2D eigenvalue weighted by atomic mass is 9.83. The van der Waals surface area contributed by atoms with E-state index in [9.17, 15) is 38.3 Å². The second-order valence-corrected chi connectivity index (χ2v) is 16.3. The molecule has 4 rings (SSSR count). The van der Waals surface area contributed by atoms with Gasteiger partial charge in [-0.3, -0.25) is 28.9 Å². The van der Waals surface area contributed by atoms with Crippen LogP contribution in [-0.2, 0) is 40.0 Å². The smallest absolute Gasteiger partial charge is 0.404 e. The van der Waals surface area contributed by atoms with Gasteiger partial charge < -0.3 is 40.0 Å². The Hall–Kier alpha value is -5.59. The van der Waals surface area contributed by atoms with Crippen molar-refractivity contribution >= 4 is 47.4 Å². The molecule has 1 unspecified atom stereocenters. The second kappa shape index (κ2) is 24.0. The van der Waals surface area contributed by atoms with Crippen molar-refractivity contribution < 1.29 is 52.1 Å². The largest absolute Gasteiger partial charge is 0.465 e. The number of ether oxygens (including phenoxy) is 2. The third-order valence-corrected chi connectivity index (χ3v) is 10.3. The number of carbonyl (C=O) groups is 6. The van der Waals surface area contributed by atoms with Crippen LogP contribution in [-0.4, -0.2) is 126 Å². The highest BCUT2D eigenvalue weighted by molar-refractivity contribution is 7.99. The number of amides is 6. The summed E-state index contributed by atoms with van der Waals surface area (Å²) in [7, 11) is 0. The van der Waals surface area contributed by atoms with Crippen LogP contribution in [0.2, 0.25) is 0 Å². The summed E-state index contributed by atoms with van der Waals surface area (Å²) in [5.41, 5.74) is 1.61. The monoisotopic (exact) mass is 868 g/mol. The summed E-state index contributed by atoms with van der Waals surface area (Å²) in [5.74, 6) is -2.77. The molecule has 61 heavy (non-hydrogen) atoms. The zero-order chi connectivity index (χ0) is 44.4. The van der Waals surface area contributed by atoms with Crippen LogP contribution < -0.4 is 16.0 Å². The minimum atomic E-state index is -1.18. The maximum Gasteiger partial charge on any atom is 0.404 e. The average molecular weight is 869 g/mol. The molecule has 3 aromatic rings. The third-order valence-electron chi connectivity index (χ3n) is 9.36. The van der Waals surface area contributed by atoms with Gasteiger partial charge >= 0.3 is 6.09 Å². The van der Waals surface area contributed by atoms with Crippen molar-refractivity contribution in [2.24, 2.45) is 5.41 Å². The number of carbonyl (C=O) groups excluding carboxylic acids is 5. The predicted molar refractivity (Wildman–Crippen MR) is 225 cm³/mol. The first-order valence-corrected chi connectivity index (χ1v) is 21.1. The van der Waals surface area contributed by atoms with Crippen LogP contribution in [0.3, 0.4) is 0 Å². The number of aromatic nitrogens is 1. The molecule has 1 aliphatic rings. The summed E-state index contributed by atoms with van der Waals surface area (Å²) in [6.45, 7) is 7.68. The molecule has 1 aromatic heterocycles. The van der Waals surface area contributed by atoms with Crippen molar-refractivity contribution in [1.82, 2.24) is 30.3 Å². The summed E-state index contributed by atoms with van der Waals surface area (Å²) < 4.78 is 42.3. The van der Waals surface area contributed by atoms with E-state index in [0.717, 1.165) is 40.8 Å². The van der Waals surface area contributed by atoms with Gasteiger partial charge in [-0.2, -0.15) is 11.8 Å². The Morgan fingerprint density at radius 3 is 2.15 bits per heavy atom. The molecule has 4 N–H and O–H groups in total. The minimum Gasteiger partial charge on any atom is -0.465 e. The first-order valence-electron chi connectivity index (χ1n) is 19.9. The summed E-state index contributed by atoms with van der Waals surface area (Å²) in [4.78, 5) is 75.5. The van der Waals surface area contributed by atoms with E-state index >= 15 is 4.39 Å². The number of benzene rings is 2. The molecule has 0 saturated heterocycles. The van der Waals surface area contributed by atoms with Crippen LogP contribution in [0.4, 0.5) is 13.6 Å². The summed E-state index contributed by atoms with van der Waals surface area (Å²) in [6.07, 6.45) is 3.27. The Morgan fingerprint density at radius 1 is 0.852 bits per heavy atom. The van der Waals surface area contributed by atoms with Crippen LogP contribution in [0.15, 0.2) is 72.9 Å². The van der Waals surface area contributed by atoms with Crippen molar-refractivity contribution in [3.63, 3.8) is 0 Å². The third kappa shape index (κ3) is 15.8. The van der Waals surface area contributed by atoms with Crippen molar-refractivity contribution in [3.8, 4) is 11.1 Å². The maximum atomic E-state index is 15.1. The molecule has 0 aliphatic carbocycles. The highest BCUT2D eigenvalue weighted by Crippen LogP contribution is 2.41. The van der Waals surface area contributed by atoms with Gasteiger partial charge in [0.2, 0.25) is 17.7 Å². The fraction of sp³-hybridized carbons (Fsp3) is 0.442. The molecule has 6 amide bonds. The number of nitrogens with one attached hydrogen (secondary N) is 3. The minimum absolute atomic E-state index is 0.0407. The molecular weight excluding hydrogens is 815 g/mol. The number of thioether (sulfide) groups is 1. The number of carboxylic acid groups (broad SMARTS) is 1. The Morgan fingerprint density at radius 2 is 1.51 bits per heavy atom. The van der Waals surface area contributed by atoms with Crippen LogP contribution in [0.5, 0.6) is 0 Å². The summed E-state index contributed by atoms with van der Waals surface area (Å²) in [6, 6.07) is 14.1. The second-order valence-electron chi connectivity index (χ2n) is 15.2. The van der Waals surface area contributed by atoms with Crippen LogP contribution >= 0.6 is 11.8 Å². The molecule has 0 fully saturated rings. The van der Waals surface area contributed by atoms with Crippen molar-refractivity contribution in [2.45, 2.75) is 46.2 Å². The number of nitrogens with zero attached hydrogens (tertiary/aromatic N) is 3. The van der Waals surface area contributed by atoms with Gasteiger partial charge in [-0.25, -0.2) is 13.6 Å². The van der Waals surface area contributed by atoms with Gasteiger partial charge in [-0.05, 0) is 41.7 Å². The van der Waals surface area contributed by atoms with Crippen LogP contribution in [0, 0.1) is 17.0 Å². The van der Waals surface area contributed by atoms with E-state index in [-0.39, 0.29) is 88.7 Å². The number of imide groups is 1. The highest BCUT2D eigenvalue weighted by Gasteiger charge is 2.37. The number of halogens is 2. The van der Waals surface area contributed by atoms with Crippen molar-refractivity contribution in [3.05, 3.63) is 95.8 Å². The topological polar surface area (TPSA) is 189 Å². The Balaban J connectivity index is 1.28. The number of rotatable bonds is 25. The maximum absolute atomic E-state index is 15.1. The van der Waals surface area contributed by atoms with Gasteiger partial charge in [0.1, 0.15) is 18.2 Å². The Bertz CT molecular complexity index is 1990. The Labute approximate surface area is 358 Å². The van der Waals surface area contributed by atoms with E-state index in [1.165, 1.54) is 11.8 Å². The standard InChI is InChI=1S/C43H54F2N6O9S/c1-43(2,3)41(35-24-31(33-25-32(44)10-11-34(33)45)27-49(35)26-30-8-5-4-6-9-30)50(18-7-15-48-42(57)58)40(56)29-61-23-14-36(52)46-16-19-59-21-22-60-20-17-47-37(53)28-51-38(54)12-13-39(51)55/h4-6,8-13,24-25,27,41,48H,7,14-23,26,28-29H2,1-3H3,(H,46,52)(H,47,53)(H,57,58). The zero-order valence-corrected chi connectivity index (χ0v) is 35.4. The molecule has 18 heteroatoms. The first kappa shape index (κ1) is 48.1. The zero-order valence-electron chi connectivity index (χ0n) is 34.6. The van der Waals surface area contributed by atoms with E-state index < -0.39 is 46.9 Å². The first-order chi connectivity index (χ1) is 29.1. The fourth-order valence-electron chi connectivity index (χ4n) is 6.58. The average Bonchev–Trinajstić information content (AvgIpc) is 3.76. The van der Waals surface area contributed by atoms with Crippen molar-refractivity contribution in [1.29, 1.82) is 0 Å². The van der Waals surface area contributed by atoms with E-state index in [4.69, 9.17) is 9.47 Å². The molecule has 0 spiro atoms. The van der Waals surface area contributed by atoms with Crippen molar-refractivity contribution in [2.75, 3.05) is 70.7 Å². The summed E-state index contributed by atoms with van der Waals surface area (Å²) >= 11 is 1.30. The lowest BCUT2D eigenvalue weighted by Gasteiger charge is -2.41. The molecule has 0 radical (unpaired) electrons. The lowest BCUT2D eigenvalue weighted by Crippen LogP contribution is -2.44. The molecule has 15 nitrogen and oxygen atoms in total. The number of hydrogen-bond acceptors (Lipinski definition) is 9. The molecule has 330 valence electrons. The van der Waals surface area contributed by atoms with E-state index in [1.54, 1.807) is 17.2 Å². The Kier molecular flexibility index (Phi) is 18.9. The molecular formula is C43H54F2N6O9S. The van der Waals surface area contributed by atoms with Gasteiger partial charge in [0.25, 0.3) is 11.8 Å². The summed E-state index contributed by atoms with van der Waals surface area (Å²) in [5, 5.41) is 16.9. The van der Waals surface area contributed by atoms with E-state index in [1.807, 2.05) is 55.7 Å². The van der Waals surface area contributed by atoms with Gasteiger partial charge in [0, 0.05) is 80.1 Å². The number of hydrogen-bond donors (Lipinski definition) is 4. The molecule has 2 heterocycles. The quantitative estimate of drug-likeness (QED) is 0.0704. The van der Waals surface area contributed by atoms with Gasteiger partial charge in [0.05, 0.1) is 38.2 Å². The molecule has 0 bridgehead atoms. The van der Waals surface area contributed by atoms with Crippen LogP contribution in [0.1, 0.15) is 50.9 Å². The normalized spacial score (nSPS) is 13.0. The van der Waals surface area contributed by atoms with Gasteiger partial charge in [-0.1, -0.05) is 51.1 Å². The molecule has 2 aromatic carbocycles. The highest BCUT2D eigenvalue weighted by atomic mass is 32.2. The fourth-order valence-corrected chi connectivity index (χ4v) is 7.40. The lowest BCUT2D eigenvalue weighted by molar-refractivity contribution is -0.141. The van der Waals surface area contributed by atoms with Gasteiger partial charge in [0.15, 0.2) is 0 Å². The molecule has 1 atom stereocenters. The van der Waals surface area contributed by atoms with E-state index in [2.05, 4.69) is 16.0 Å². The van der Waals surface area contributed by atoms with Crippen LogP contribution in [0.25, 0.3) is 11.1 Å². The van der Waals surface area contributed by atoms with E-state index in [0.29, 0.717) is 30.0 Å². The molecule has 0 saturated carbocycles. The molecule has 1 aliphatic heterocycles. The van der Waals surface area contributed by atoms with Gasteiger partial charge in [-0.15, -0.1) is 0 Å². The SMILES string of the molecule is CC(C)(C)C(c1cc(-c2cc(F)ccc2F)cn1Cc1ccccc1)N(CCCNC(=O)O)C(=O)CSCCC(=O)NCCOCCOCCNC(=O)CN1C(=O)C=CC1=O. The predicted octanol–water partition coefficient (Wildman–Crippen LogP) is 4.37.